The molecule has 0 unspecified atom stereocenters. The van der Waals surface area contributed by atoms with Gasteiger partial charge in [0.05, 0.1) is 4.47 Å². The molecule has 126 valence electrons. The highest BCUT2D eigenvalue weighted by atomic mass is 79.9. The van der Waals surface area contributed by atoms with E-state index in [1.807, 2.05) is 6.07 Å². The molecule has 1 atom stereocenters. The van der Waals surface area contributed by atoms with E-state index in [0.29, 0.717) is 12.8 Å². The molecule has 2 aromatic rings. The van der Waals surface area contributed by atoms with Crippen LogP contribution < -0.4 is 14.4 Å². The van der Waals surface area contributed by atoms with Gasteiger partial charge in [0.2, 0.25) is 12.7 Å². The van der Waals surface area contributed by atoms with Crippen LogP contribution in [0.2, 0.25) is 0 Å². The average molecular weight is 391 g/mol. The van der Waals surface area contributed by atoms with Gasteiger partial charge in [-0.15, -0.1) is 0 Å². The summed E-state index contributed by atoms with van der Waals surface area (Å²) in [5.74, 6) is 2.48. The van der Waals surface area contributed by atoms with Crippen LogP contribution in [-0.4, -0.2) is 47.8 Å². The first-order valence-corrected chi connectivity index (χ1v) is 8.86. The number of anilines is 1. The molecule has 24 heavy (non-hydrogen) atoms. The van der Waals surface area contributed by atoms with E-state index in [2.05, 4.69) is 54.8 Å². The Bertz CT molecular complexity index is 717. The maximum atomic E-state index is 5.49. The predicted molar refractivity (Wildman–Crippen MR) is 94.5 cm³/mol. The summed E-state index contributed by atoms with van der Waals surface area (Å²) in [5, 5.41) is 0. The fourth-order valence-electron chi connectivity index (χ4n) is 3.16. The van der Waals surface area contributed by atoms with E-state index >= 15 is 0 Å². The molecule has 0 radical (unpaired) electrons. The van der Waals surface area contributed by atoms with Crippen molar-refractivity contribution in [2.75, 3.05) is 37.9 Å². The molecule has 6 nitrogen and oxygen atoms in total. The minimum absolute atomic E-state index is 0.318. The molecule has 1 saturated heterocycles. The summed E-state index contributed by atoms with van der Waals surface area (Å²) in [7, 11) is 0. The molecule has 1 aromatic heterocycles. The molecule has 0 N–H and O–H groups in total. The molecular weight excluding hydrogens is 372 g/mol. The number of piperazine rings is 1. The van der Waals surface area contributed by atoms with Crippen molar-refractivity contribution in [3.05, 3.63) is 40.6 Å². The molecule has 1 fully saturated rings. The summed E-state index contributed by atoms with van der Waals surface area (Å²) in [6.07, 6.45) is 3.59. The van der Waals surface area contributed by atoms with Crippen molar-refractivity contribution in [3.63, 3.8) is 0 Å². The van der Waals surface area contributed by atoms with Crippen LogP contribution in [0.5, 0.6) is 11.5 Å². The van der Waals surface area contributed by atoms with Crippen molar-refractivity contribution >= 4 is 21.9 Å². The second kappa shape index (κ2) is 6.57. The molecule has 0 aliphatic carbocycles. The Kier molecular flexibility index (Phi) is 4.28. The van der Waals surface area contributed by atoms with Crippen molar-refractivity contribution in [2.24, 2.45) is 0 Å². The zero-order valence-electron chi connectivity index (χ0n) is 13.5. The summed E-state index contributed by atoms with van der Waals surface area (Å²) in [5.41, 5.74) is 1.26. The lowest BCUT2D eigenvalue weighted by Crippen LogP contribution is -2.47. The van der Waals surface area contributed by atoms with E-state index in [9.17, 15) is 0 Å². The van der Waals surface area contributed by atoms with Gasteiger partial charge in [0.25, 0.3) is 0 Å². The van der Waals surface area contributed by atoms with Gasteiger partial charge in [-0.2, -0.15) is 0 Å². The first-order valence-electron chi connectivity index (χ1n) is 8.07. The number of halogens is 1. The summed E-state index contributed by atoms with van der Waals surface area (Å²) in [6, 6.07) is 6.56. The number of fused-ring (bicyclic) bond motifs is 1. The minimum atomic E-state index is 0.318. The molecule has 4 rings (SSSR count). The van der Waals surface area contributed by atoms with E-state index in [0.717, 1.165) is 48.1 Å². The molecule has 0 saturated carbocycles. The molecule has 0 spiro atoms. The summed E-state index contributed by atoms with van der Waals surface area (Å²) in [4.78, 5) is 13.5. The molecule has 2 aliphatic rings. The Morgan fingerprint density at radius 2 is 1.75 bits per heavy atom. The number of hydrogen-bond donors (Lipinski definition) is 0. The molecule has 1 aromatic carbocycles. The minimum Gasteiger partial charge on any atom is -0.454 e. The summed E-state index contributed by atoms with van der Waals surface area (Å²) >= 11 is 3.37. The van der Waals surface area contributed by atoms with Crippen LogP contribution >= 0.6 is 15.9 Å². The number of nitrogens with zero attached hydrogens (tertiary/aromatic N) is 4. The van der Waals surface area contributed by atoms with Gasteiger partial charge in [0.15, 0.2) is 11.5 Å². The van der Waals surface area contributed by atoms with Crippen molar-refractivity contribution in [1.29, 1.82) is 0 Å². The molecule has 0 amide bonds. The second-order valence-corrected chi connectivity index (χ2v) is 6.93. The van der Waals surface area contributed by atoms with Gasteiger partial charge in [-0.25, -0.2) is 9.97 Å². The van der Waals surface area contributed by atoms with Gasteiger partial charge >= 0.3 is 0 Å². The van der Waals surface area contributed by atoms with E-state index in [4.69, 9.17) is 9.47 Å². The van der Waals surface area contributed by atoms with E-state index in [1.54, 1.807) is 12.4 Å². The first kappa shape index (κ1) is 15.7. The molecule has 3 heterocycles. The fraction of sp³-hybridized carbons (Fsp3) is 0.412. The van der Waals surface area contributed by atoms with Crippen LogP contribution in [0.4, 0.5) is 5.95 Å². The molecular formula is C17H19BrN4O2. The lowest BCUT2D eigenvalue weighted by Gasteiger charge is -2.38. The predicted octanol–water partition coefficient (Wildman–Crippen LogP) is 2.85. The van der Waals surface area contributed by atoms with Crippen LogP contribution in [0.3, 0.4) is 0 Å². The monoisotopic (exact) mass is 390 g/mol. The number of ether oxygens (including phenoxy) is 2. The van der Waals surface area contributed by atoms with Gasteiger partial charge in [0.1, 0.15) is 0 Å². The lowest BCUT2D eigenvalue weighted by atomic mass is 10.1. The Morgan fingerprint density at radius 1 is 1.04 bits per heavy atom. The maximum absolute atomic E-state index is 5.49. The van der Waals surface area contributed by atoms with Crippen LogP contribution in [-0.2, 0) is 0 Å². The topological polar surface area (TPSA) is 50.7 Å². The van der Waals surface area contributed by atoms with Gasteiger partial charge in [0, 0.05) is 44.6 Å². The van der Waals surface area contributed by atoms with Gasteiger partial charge < -0.3 is 14.4 Å². The van der Waals surface area contributed by atoms with Crippen molar-refractivity contribution < 1.29 is 9.47 Å². The lowest BCUT2D eigenvalue weighted by molar-refractivity contribution is 0.173. The first-order chi connectivity index (χ1) is 11.7. The highest BCUT2D eigenvalue weighted by Gasteiger charge is 2.24. The number of benzene rings is 1. The molecule has 7 heteroatoms. The van der Waals surface area contributed by atoms with Gasteiger partial charge in [-0.05, 0) is 40.5 Å². The summed E-state index contributed by atoms with van der Waals surface area (Å²) in [6.45, 7) is 6.37. The van der Waals surface area contributed by atoms with Crippen LogP contribution in [0.25, 0.3) is 0 Å². The van der Waals surface area contributed by atoms with Crippen LogP contribution in [0.1, 0.15) is 18.5 Å². The van der Waals surface area contributed by atoms with E-state index in [1.165, 1.54) is 5.56 Å². The van der Waals surface area contributed by atoms with Crippen LogP contribution in [0, 0.1) is 0 Å². The maximum Gasteiger partial charge on any atom is 0.231 e. The third-order valence-corrected chi connectivity index (χ3v) is 5.04. The van der Waals surface area contributed by atoms with E-state index < -0.39 is 0 Å². The third-order valence-electron chi connectivity index (χ3n) is 4.63. The SMILES string of the molecule is C[C@@H](c1ccc2c(c1)OCO2)N1CCN(c2ncc(Br)cn2)CC1. The highest BCUT2D eigenvalue weighted by molar-refractivity contribution is 9.10. The van der Waals surface area contributed by atoms with Gasteiger partial charge in [-0.1, -0.05) is 6.07 Å². The number of hydrogen-bond acceptors (Lipinski definition) is 6. The van der Waals surface area contributed by atoms with E-state index in [-0.39, 0.29) is 0 Å². The van der Waals surface area contributed by atoms with Crippen molar-refractivity contribution in [1.82, 2.24) is 14.9 Å². The zero-order chi connectivity index (χ0) is 16.5. The Balaban J connectivity index is 1.41. The Morgan fingerprint density at radius 3 is 2.50 bits per heavy atom. The van der Waals surface area contributed by atoms with Crippen LogP contribution in [0.15, 0.2) is 35.1 Å². The van der Waals surface area contributed by atoms with Crippen molar-refractivity contribution in [2.45, 2.75) is 13.0 Å². The second-order valence-electron chi connectivity index (χ2n) is 6.01. The molecule has 2 aliphatic heterocycles. The Hall–Kier alpha value is -1.86. The largest absolute Gasteiger partial charge is 0.454 e. The summed E-state index contributed by atoms with van der Waals surface area (Å²) < 4.78 is 11.8. The fourth-order valence-corrected chi connectivity index (χ4v) is 3.37. The number of rotatable bonds is 3. The van der Waals surface area contributed by atoms with Gasteiger partial charge in [-0.3, -0.25) is 4.90 Å². The van der Waals surface area contributed by atoms with Crippen molar-refractivity contribution in [3.8, 4) is 11.5 Å². The zero-order valence-corrected chi connectivity index (χ0v) is 15.1. The smallest absolute Gasteiger partial charge is 0.231 e. The standard InChI is InChI=1S/C17H19BrN4O2/c1-12(13-2-3-15-16(8-13)24-11-23-15)21-4-6-22(7-5-21)17-19-9-14(18)10-20-17/h2-3,8-10,12H,4-7,11H2,1H3/t12-/m0/s1. The normalized spacial score (nSPS) is 18.7. The number of aromatic nitrogens is 2. The third kappa shape index (κ3) is 3.06. The quantitative estimate of drug-likeness (QED) is 0.802. The highest BCUT2D eigenvalue weighted by Crippen LogP contribution is 2.35. The Labute approximate surface area is 149 Å². The molecule has 0 bridgehead atoms. The average Bonchev–Trinajstić information content (AvgIpc) is 3.09.